The van der Waals surface area contributed by atoms with Gasteiger partial charge in [-0.1, -0.05) is 12.1 Å². The van der Waals surface area contributed by atoms with Gasteiger partial charge in [0.1, 0.15) is 0 Å². The average Bonchev–Trinajstić information content (AvgIpc) is 2.98. The summed E-state index contributed by atoms with van der Waals surface area (Å²) in [7, 11) is 1.78. The summed E-state index contributed by atoms with van der Waals surface area (Å²) in [6.07, 6.45) is 4.73. The minimum Gasteiger partial charge on any atom is -0.383 e. The van der Waals surface area contributed by atoms with Crippen molar-refractivity contribution in [1.29, 1.82) is 0 Å². The summed E-state index contributed by atoms with van der Waals surface area (Å²) in [6, 6.07) is 9.56. The third-order valence-corrected chi connectivity index (χ3v) is 4.56. The maximum atomic E-state index is 5.25. The third kappa shape index (κ3) is 5.09. The van der Waals surface area contributed by atoms with Gasteiger partial charge in [-0.15, -0.1) is 11.8 Å². The molecule has 1 unspecified atom stereocenters. The number of hydrogen-bond acceptors (Lipinski definition) is 4. The van der Waals surface area contributed by atoms with E-state index in [1.807, 2.05) is 0 Å². The molecule has 1 aromatic rings. The Bertz CT molecular complexity index is 377. The van der Waals surface area contributed by atoms with Crippen LogP contribution in [0.25, 0.3) is 0 Å². The lowest BCUT2D eigenvalue weighted by molar-refractivity contribution is 0.138. The van der Waals surface area contributed by atoms with Crippen molar-refractivity contribution in [2.45, 2.75) is 30.3 Å². The van der Waals surface area contributed by atoms with Gasteiger partial charge in [0.15, 0.2) is 0 Å². The van der Waals surface area contributed by atoms with Crippen LogP contribution in [-0.4, -0.2) is 50.5 Å². The summed E-state index contributed by atoms with van der Waals surface area (Å²) in [5.74, 6) is 0. The zero-order chi connectivity index (χ0) is 14.2. The first-order chi connectivity index (χ1) is 9.81. The van der Waals surface area contributed by atoms with Gasteiger partial charge in [-0.2, -0.15) is 0 Å². The molecule has 1 fully saturated rings. The highest BCUT2D eigenvalue weighted by Crippen LogP contribution is 2.16. The van der Waals surface area contributed by atoms with Crippen LogP contribution < -0.4 is 5.32 Å². The number of methoxy groups -OCH3 is 1. The topological polar surface area (TPSA) is 24.5 Å². The molecule has 4 heteroatoms. The Labute approximate surface area is 127 Å². The van der Waals surface area contributed by atoms with Crippen LogP contribution in [-0.2, 0) is 11.3 Å². The molecule has 0 saturated carbocycles. The molecule has 1 atom stereocenters. The zero-order valence-electron chi connectivity index (χ0n) is 12.6. The van der Waals surface area contributed by atoms with E-state index in [-0.39, 0.29) is 0 Å². The van der Waals surface area contributed by atoms with Gasteiger partial charge in [0, 0.05) is 37.7 Å². The fourth-order valence-corrected chi connectivity index (χ4v) is 3.08. The number of benzene rings is 1. The van der Waals surface area contributed by atoms with E-state index in [0.717, 1.165) is 26.2 Å². The van der Waals surface area contributed by atoms with Crippen molar-refractivity contribution in [3.63, 3.8) is 0 Å². The molecule has 0 aliphatic carbocycles. The number of nitrogens with one attached hydrogen (secondary N) is 1. The molecule has 20 heavy (non-hydrogen) atoms. The van der Waals surface area contributed by atoms with Gasteiger partial charge >= 0.3 is 0 Å². The lowest BCUT2D eigenvalue weighted by atomic mass is 10.1. The monoisotopic (exact) mass is 294 g/mol. The second-order valence-corrected chi connectivity index (χ2v) is 6.25. The van der Waals surface area contributed by atoms with Crippen molar-refractivity contribution in [1.82, 2.24) is 10.2 Å². The summed E-state index contributed by atoms with van der Waals surface area (Å²) in [5, 5.41) is 3.58. The van der Waals surface area contributed by atoms with Crippen molar-refractivity contribution in [2.24, 2.45) is 0 Å². The van der Waals surface area contributed by atoms with Crippen molar-refractivity contribution >= 4 is 11.8 Å². The number of thioether (sulfide) groups is 1. The number of rotatable bonds is 8. The quantitative estimate of drug-likeness (QED) is 0.745. The maximum absolute atomic E-state index is 5.25. The molecule has 3 nitrogen and oxygen atoms in total. The van der Waals surface area contributed by atoms with Crippen LogP contribution in [0.4, 0.5) is 0 Å². The van der Waals surface area contributed by atoms with Gasteiger partial charge in [-0.05, 0) is 43.3 Å². The van der Waals surface area contributed by atoms with Gasteiger partial charge in [0.2, 0.25) is 0 Å². The van der Waals surface area contributed by atoms with Crippen LogP contribution in [0.15, 0.2) is 29.2 Å². The number of ether oxygens (including phenoxy) is 1. The zero-order valence-corrected chi connectivity index (χ0v) is 13.4. The van der Waals surface area contributed by atoms with E-state index in [0.29, 0.717) is 6.04 Å². The first-order valence-corrected chi connectivity index (χ1v) is 8.62. The van der Waals surface area contributed by atoms with Gasteiger partial charge in [0.25, 0.3) is 0 Å². The van der Waals surface area contributed by atoms with E-state index in [1.165, 1.54) is 29.8 Å². The molecule has 1 aliphatic rings. The van der Waals surface area contributed by atoms with Crippen LogP contribution in [0, 0.1) is 0 Å². The third-order valence-electron chi connectivity index (χ3n) is 3.82. The highest BCUT2D eigenvalue weighted by Gasteiger charge is 2.17. The van der Waals surface area contributed by atoms with Gasteiger partial charge < -0.3 is 10.1 Å². The summed E-state index contributed by atoms with van der Waals surface area (Å²) >= 11 is 1.79. The van der Waals surface area contributed by atoms with E-state index in [9.17, 15) is 0 Å². The van der Waals surface area contributed by atoms with Crippen molar-refractivity contribution in [3.8, 4) is 0 Å². The Morgan fingerprint density at radius 1 is 1.35 bits per heavy atom. The van der Waals surface area contributed by atoms with Crippen LogP contribution in [0.1, 0.15) is 18.4 Å². The standard InChI is InChI=1S/C16H26N2OS/c1-19-11-10-18(13-15-4-3-9-17-15)12-14-5-7-16(20-2)8-6-14/h5-8,15,17H,3-4,9-13H2,1-2H3. The smallest absolute Gasteiger partial charge is 0.0589 e. The molecule has 1 saturated heterocycles. The summed E-state index contributed by atoms with van der Waals surface area (Å²) in [4.78, 5) is 3.83. The highest BCUT2D eigenvalue weighted by molar-refractivity contribution is 7.98. The van der Waals surface area contributed by atoms with Crippen molar-refractivity contribution < 1.29 is 4.74 Å². The minimum atomic E-state index is 0.650. The molecule has 1 aromatic carbocycles. The summed E-state index contributed by atoms with van der Waals surface area (Å²) < 4.78 is 5.25. The Kier molecular flexibility index (Phi) is 6.87. The van der Waals surface area contributed by atoms with E-state index >= 15 is 0 Å². The summed E-state index contributed by atoms with van der Waals surface area (Å²) in [6.45, 7) is 5.10. The van der Waals surface area contributed by atoms with Crippen LogP contribution in [0.3, 0.4) is 0 Å². The molecular weight excluding hydrogens is 268 g/mol. The summed E-state index contributed by atoms with van der Waals surface area (Å²) in [5.41, 5.74) is 1.39. The van der Waals surface area contributed by atoms with Gasteiger partial charge in [-0.25, -0.2) is 0 Å². The Morgan fingerprint density at radius 3 is 2.75 bits per heavy atom. The van der Waals surface area contributed by atoms with Crippen LogP contribution >= 0.6 is 11.8 Å². The predicted octanol–water partition coefficient (Wildman–Crippen LogP) is 2.61. The Hall–Kier alpha value is -0.550. The molecule has 1 aliphatic heterocycles. The van der Waals surface area contributed by atoms with E-state index in [2.05, 4.69) is 40.7 Å². The lowest BCUT2D eigenvalue weighted by Crippen LogP contribution is -2.38. The molecule has 1 N–H and O–H groups in total. The lowest BCUT2D eigenvalue weighted by Gasteiger charge is -2.25. The molecule has 1 heterocycles. The average molecular weight is 294 g/mol. The first kappa shape index (κ1) is 15.8. The second kappa shape index (κ2) is 8.67. The first-order valence-electron chi connectivity index (χ1n) is 7.39. The van der Waals surface area contributed by atoms with Crippen molar-refractivity contribution in [2.75, 3.05) is 39.6 Å². The molecule has 2 rings (SSSR count). The molecule has 0 amide bonds. The number of hydrogen-bond donors (Lipinski definition) is 1. The van der Waals surface area contributed by atoms with Gasteiger partial charge in [-0.3, -0.25) is 4.90 Å². The maximum Gasteiger partial charge on any atom is 0.0589 e. The fraction of sp³-hybridized carbons (Fsp3) is 0.625. The number of nitrogens with zero attached hydrogens (tertiary/aromatic N) is 1. The van der Waals surface area contributed by atoms with Crippen LogP contribution in [0.2, 0.25) is 0 Å². The van der Waals surface area contributed by atoms with E-state index < -0.39 is 0 Å². The Morgan fingerprint density at radius 2 is 2.15 bits per heavy atom. The fourth-order valence-electron chi connectivity index (χ4n) is 2.67. The molecule has 0 bridgehead atoms. The molecule has 112 valence electrons. The van der Waals surface area contributed by atoms with Gasteiger partial charge in [0.05, 0.1) is 6.61 Å². The molecule has 0 aromatic heterocycles. The van der Waals surface area contributed by atoms with E-state index in [4.69, 9.17) is 4.74 Å². The van der Waals surface area contributed by atoms with Crippen LogP contribution in [0.5, 0.6) is 0 Å². The second-order valence-electron chi connectivity index (χ2n) is 5.37. The predicted molar refractivity (Wildman–Crippen MR) is 86.4 cm³/mol. The normalized spacial score (nSPS) is 18.9. The SMILES string of the molecule is COCCN(Cc1ccc(SC)cc1)CC1CCCN1. The highest BCUT2D eigenvalue weighted by atomic mass is 32.2. The molecule has 0 radical (unpaired) electrons. The van der Waals surface area contributed by atoms with Crippen molar-refractivity contribution in [3.05, 3.63) is 29.8 Å². The Balaban J connectivity index is 1.90. The molecular formula is C16H26N2OS. The van der Waals surface area contributed by atoms with E-state index in [1.54, 1.807) is 18.9 Å². The minimum absolute atomic E-state index is 0.650. The molecule has 0 spiro atoms. The largest absolute Gasteiger partial charge is 0.383 e.